The molecule has 1 heterocycles. The summed E-state index contributed by atoms with van der Waals surface area (Å²) < 4.78 is 14.4. The van der Waals surface area contributed by atoms with Crippen molar-refractivity contribution in [3.63, 3.8) is 0 Å². The Balaban J connectivity index is 0.00000675. The van der Waals surface area contributed by atoms with Crippen molar-refractivity contribution in [1.82, 2.24) is 0 Å². The number of carbonyl (C=O) groups is 1. The van der Waals surface area contributed by atoms with Gasteiger partial charge >= 0.3 is 0 Å². The number of aryl methyl sites for hydroxylation is 1. The van der Waals surface area contributed by atoms with E-state index in [0.717, 1.165) is 24.2 Å². The van der Waals surface area contributed by atoms with Crippen molar-refractivity contribution in [2.75, 3.05) is 18.5 Å². The zero-order valence-electron chi connectivity index (χ0n) is 27.8. The first kappa shape index (κ1) is 37.8. The fourth-order valence-electron chi connectivity index (χ4n) is 5.16. The molecule has 44 heavy (non-hydrogen) atoms. The molecule has 0 radical (unpaired) electrons. The van der Waals surface area contributed by atoms with Gasteiger partial charge < -0.3 is 31.8 Å². The van der Waals surface area contributed by atoms with Crippen LogP contribution in [0.3, 0.4) is 0 Å². The Labute approximate surface area is 281 Å². The first-order valence-corrected chi connectivity index (χ1v) is 17.4. The maximum absolute atomic E-state index is 12.8. The highest BCUT2D eigenvalue weighted by Crippen LogP contribution is 2.33. The maximum atomic E-state index is 12.8. The standard InChI is InChI=1S/C37H54N2O3S.BrH/c1-6-7-8-9-10-11-12-13-14-15-16-17-23-41-35-25-32(37(3,4)5)21-22-34(35)42-28-36(40)38-33-20-18-19-31(24-33)27-39-26-30(2)43-29-39;/h18-22,24-26,29H,6-17,23,27-28H2,1-5H3;1H. The monoisotopic (exact) mass is 686 g/mol. The molecule has 5 nitrogen and oxygen atoms in total. The van der Waals surface area contributed by atoms with Gasteiger partial charge in [0.15, 0.2) is 30.8 Å². The van der Waals surface area contributed by atoms with Crippen LogP contribution in [0, 0.1) is 6.92 Å². The number of benzene rings is 2. The number of ether oxygens (including phenoxy) is 2. The molecule has 2 aromatic carbocycles. The molecular weight excluding hydrogens is 632 g/mol. The summed E-state index contributed by atoms with van der Waals surface area (Å²) in [4.78, 5) is 14.1. The van der Waals surface area contributed by atoms with Gasteiger partial charge in [-0.3, -0.25) is 4.79 Å². The molecule has 0 fully saturated rings. The van der Waals surface area contributed by atoms with Crippen LogP contribution in [0.25, 0.3) is 0 Å². The van der Waals surface area contributed by atoms with E-state index in [4.69, 9.17) is 9.47 Å². The van der Waals surface area contributed by atoms with Crippen molar-refractivity contribution in [3.05, 3.63) is 70.2 Å². The summed E-state index contributed by atoms with van der Waals surface area (Å²) in [5.74, 6) is 1.14. The first-order valence-electron chi connectivity index (χ1n) is 16.5. The number of nitrogens with zero attached hydrogens (tertiary/aromatic N) is 1. The molecule has 0 saturated heterocycles. The maximum Gasteiger partial charge on any atom is 0.262 e. The van der Waals surface area contributed by atoms with Crippen molar-refractivity contribution in [3.8, 4) is 11.5 Å². The molecule has 7 heteroatoms. The smallest absolute Gasteiger partial charge is 0.262 e. The van der Waals surface area contributed by atoms with Crippen LogP contribution in [0.5, 0.6) is 11.5 Å². The van der Waals surface area contributed by atoms with E-state index in [2.05, 4.69) is 74.4 Å². The van der Waals surface area contributed by atoms with E-state index in [-0.39, 0.29) is 34.9 Å². The molecule has 3 rings (SSSR count). The molecule has 0 aliphatic heterocycles. The highest BCUT2D eigenvalue weighted by Gasteiger charge is 2.18. The number of amides is 1. The zero-order valence-corrected chi connectivity index (χ0v) is 30.2. The minimum atomic E-state index is -0.192. The number of hydrogen-bond acceptors (Lipinski definition) is 4. The Morgan fingerprint density at radius 2 is 1.50 bits per heavy atom. The Morgan fingerprint density at radius 3 is 2.11 bits per heavy atom. The Kier molecular flexibility index (Phi) is 17.7. The van der Waals surface area contributed by atoms with Gasteiger partial charge in [0.05, 0.1) is 11.5 Å². The number of unbranched alkanes of at least 4 members (excludes halogenated alkanes) is 11. The van der Waals surface area contributed by atoms with Crippen LogP contribution in [0.1, 0.15) is 121 Å². The number of carbonyl (C=O) groups excluding carboxylic acids is 1. The van der Waals surface area contributed by atoms with Crippen LogP contribution in [0.2, 0.25) is 0 Å². The van der Waals surface area contributed by atoms with Gasteiger partial charge in [0, 0.05) is 11.3 Å². The fourth-order valence-corrected chi connectivity index (χ4v) is 5.79. The fraction of sp³-hybridized carbons (Fsp3) is 0.568. The van der Waals surface area contributed by atoms with E-state index < -0.39 is 0 Å². The minimum absolute atomic E-state index is 0. The van der Waals surface area contributed by atoms with Gasteiger partial charge in [0.25, 0.3) is 5.91 Å². The molecule has 0 aliphatic carbocycles. The van der Waals surface area contributed by atoms with E-state index >= 15 is 0 Å². The molecule has 0 aliphatic rings. The van der Waals surface area contributed by atoms with Crippen LogP contribution in [-0.2, 0) is 16.8 Å². The van der Waals surface area contributed by atoms with Crippen molar-refractivity contribution >= 4 is 22.9 Å². The summed E-state index contributed by atoms with van der Waals surface area (Å²) in [6.07, 6.45) is 17.9. The lowest BCUT2D eigenvalue weighted by molar-refractivity contribution is -0.683. The Morgan fingerprint density at radius 1 is 0.841 bits per heavy atom. The Bertz CT molecular complexity index is 1240. The van der Waals surface area contributed by atoms with Gasteiger partial charge in [-0.2, -0.15) is 4.57 Å². The van der Waals surface area contributed by atoms with E-state index in [0.29, 0.717) is 18.1 Å². The summed E-state index contributed by atoms with van der Waals surface area (Å²) in [5.41, 5.74) is 5.19. The number of thiazole rings is 1. The molecular formula is C37H55BrN2O3S. The number of nitrogens with one attached hydrogen (secondary N) is 1. The van der Waals surface area contributed by atoms with Crippen molar-refractivity contribution in [2.45, 2.75) is 124 Å². The number of rotatable bonds is 20. The van der Waals surface area contributed by atoms with Crippen molar-refractivity contribution in [2.24, 2.45) is 0 Å². The summed E-state index contributed by atoms with van der Waals surface area (Å²) in [5, 5.41) is 2.98. The van der Waals surface area contributed by atoms with Crippen molar-refractivity contribution in [1.29, 1.82) is 0 Å². The van der Waals surface area contributed by atoms with Crippen molar-refractivity contribution < 1.29 is 35.8 Å². The molecule has 1 N–H and O–H groups in total. The molecule has 244 valence electrons. The number of hydrogen-bond donors (Lipinski definition) is 1. The number of halogens is 1. The van der Waals surface area contributed by atoms with Crippen LogP contribution >= 0.6 is 11.3 Å². The van der Waals surface area contributed by atoms with Gasteiger partial charge in [-0.15, -0.1) is 0 Å². The van der Waals surface area contributed by atoms with Gasteiger partial charge in [-0.25, -0.2) is 0 Å². The SMILES string of the molecule is CCCCCCCCCCCCCCOc1cc(C(C)(C)C)ccc1OCC(=O)Nc1cccc(C[n+]2csc(C)c2)c1.[Br-]. The molecule has 3 aromatic rings. The molecule has 1 amide bonds. The Hall–Kier alpha value is -2.38. The summed E-state index contributed by atoms with van der Waals surface area (Å²) in [7, 11) is 0. The average Bonchev–Trinajstić information content (AvgIpc) is 3.38. The lowest BCUT2D eigenvalue weighted by Crippen LogP contribution is -3.00. The van der Waals surface area contributed by atoms with Gasteiger partial charge in [-0.1, -0.05) is 128 Å². The molecule has 0 unspecified atom stereocenters. The van der Waals surface area contributed by atoms with Gasteiger partial charge in [-0.05, 0) is 48.6 Å². The predicted octanol–water partition coefficient (Wildman–Crippen LogP) is 6.79. The number of aromatic nitrogens is 1. The topological polar surface area (TPSA) is 51.4 Å². The van der Waals surface area contributed by atoms with E-state index in [1.165, 1.54) is 81.1 Å². The van der Waals surface area contributed by atoms with Gasteiger partial charge in [0.2, 0.25) is 5.51 Å². The van der Waals surface area contributed by atoms with E-state index in [1.54, 1.807) is 11.3 Å². The molecule has 0 atom stereocenters. The van der Waals surface area contributed by atoms with Gasteiger partial charge in [0.1, 0.15) is 0 Å². The van der Waals surface area contributed by atoms with E-state index in [1.807, 2.05) is 24.3 Å². The zero-order chi connectivity index (χ0) is 30.9. The minimum Gasteiger partial charge on any atom is -1.00 e. The second-order valence-corrected chi connectivity index (χ2v) is 13.9. The summed E-state index contributed by atoms with van der Waals surface area (Å²) >= 11 is 1.73. The first-order chi connectivity index (χ1) is 20.7. The normalized spacial score (nSPS) is 11.2. The summed E-state index contributed by atoms with van der Waals surface area (Å²) in [6.45, 7) is 12.3. The molecule has 0 saturated carbocycles. The third kappa shape index (κ3) is 14.6. The molecule has 1 aromatic heterocycles. The molecule has 0 bridgehead atoms. The second kappa shape index (κ2) is 20.6. The predicted molar refractivity (Wildman–Crippen MR) is 181 cm³/mol. The third-order valence-corrected chi connectivity index (χ3v) is 8.57. The van der Waals surface area contributed by atoms with Crippen LogP contribution in [-0.4, -0.2) is 19.1 Å². The highest BCUT2D eigenvalue weighted by atomic mass is 79.9. The largest absolute Gasteiger partial charge is 1.00 e. The van der Waals surface area contributed by atoms with E-state index in [9.17, 15) is 4.79 Å². The van der Waals surface area contributed by atoms with Crippen LogP contribution in [0.15, 0.2) is 54.2 Å². The summed E-state index contributed by atoms with van der Waals surface area (Å²) in [6, 6.07) is 14.0. The second-order valence-electron chi connectivity index (χ2n) is 12.8. The third-order valence-electron chi connectivity index (χ3n) is 7.72. The number of anilines is 1. The van der Waals surface area contributed by atoms with Crippen LogP contribution < -0.4 is 36.3 Å². The lowest BCUT2D eigenvalue weighted by Gasteiger charge is -2.21. The quantitative estimate of drug-likeness (QED) is 0.105. The van der Waals surface area contributed by atoms with Crippen LogP contribution in [0.4, 0.5) is 5.69 Å². The molecule has 0 spiro atoms. The average molecular weight is 688 g/mol. The highest BCUT2D eigenvalue weighted by molar-refractivity contribution is 7.09. The lowest BCUT2D eigenvalue weighted by atomic mass is 9.87.